The molecule has 0 saturated heterocycles. The molecule has 0 unspecified atom stereocenters. The van der Waals surface area contributed by atoms with Crippen LogP contribution < -0.4 is 16.5 Å². The third kappa shape index (κ3) is 26.1. The summed E-state index contributed by atoms with van der Waals surface area (Å²) in [4.78, 5) is 14.8. The van der Waals surface area contributed by atoms with Crippen molar-refractivity contribution < 1.29 is 4.79 Å². The van der Waals surface area contributed by atoms with Gasteiger partial charge in [0.15, 0.2) is 0 Å². The Balaban J connectivity index is -0.000000391. The van der Waals surface area contributed by atoms with Crippen LogP contribution in [0.3, 0.4) is 0 Å². The number of nitrogens with zero attached hydrogens (tertiary/aromatic N) is 2. The molecule has 0 radical (unpaired) electrons. The van der Waals surface area contributed by atoms with Crippen molar-refractivity contribution in [2.75, 3.05) is 19.6 Å². The first-order valence-electron chi connectivity index (χ1n) is 9.75. The second kappa shape index (κ2) is 26.0. The molecule has 0 aliphatic carbocycles. The van der Waals surface area contributed by atoms with Gasteiger partial charge in [-0.3, -0.25) is 15.2 Å². The summed E-state index contributed by atoms with van der Waals surface area (Å²) in [7, 11) is 0. The fourth-order valence-electron chi connectivity index (χ4n) is 1.55. The van der Waals surface area contributed by atoms with E-state index in [1.165, 1.54) is 12.8 Å². The topological polar surface area (TPSA) is 91.9 Å². The molecular formula is C21H41N5O. The maximum Gasteiger partial charge on any atom is 0.248 e. The molecule has 27 heavy (non-hydrogen) atoms. The highest BCUT2D eigenvalue weighted by Gasteiger charge is 1.96. The van der Waals surface area contributed by atoms with E-state index in [2.05, 4.69) is 41.1 Å². The third-order valence-corrected chi connectivity index (χ3v) is 3.11. The lowest BCUT2D eigenvalue weighted by atomic mass is 10.1. The van der Waals surface area contributed by atoms with Crippen LogP contribution in [0.1, 0.15) is 60.3 Å². The number of unbranched alkanes of at least 4 members (excludes halogenated alkanes) is 1. The maximum absolute atomic E-state index is 10.7. The Hall–Kier alpha value is -2.21. The molecule has 4 N–H and O–H groups in total. The number of aliphatic imine (C=N–C) groups is 1. The Morgan fingerprint density at radius 2 is 1.81 bits per heavy atom. The van der Waals surface area contributed by atoms with Gasteiger partial charge in [0.05, 0.1) is 0 Å². The van der Waals surface area contributed by atoms with E-state index in [4.69, 9.17) is 5.73 Å². The minimum atomic E-state index is -0.405. The van der Waals surface area contributed by atoms with Gasteiger partial charge in [0, 0.05) is 18.8 Å². The fraction of sp³-hybridized carbons (Fsp3) is 0.571. The smallest absolute Gasteiger partial charge is 0.248 e. The monoisotopic (exact) mass is 379 g/mol. The minimum Gasteiger partial charge on any atom is -0.366 e. The Labute approximate surface area is 166 Å². The third-order valence-electron chi connectivity index (χ3n) is 3.11. The zero-order valence-electron chi connectivity index (χ0n) is 18.1. The number of rotatable bonds is 13. The van der Waals surface area contributed by atoms with Gasteiger partial charge in [-0.25, -0.2) is 0 Å². The summed E-state index contributed by atoms with van der Waals surface area (Å²) in [5, 5.41) is 6.77. The summed E-state index contributed by atoms with van der Waals surface area (Å²) in [5.41, 5.74) is 9.15. The molecule has 0 saturated carbocycles. The number of allylic oxidation sites excluding steroid dienone is 3. The number of hydrogen-bond donors (Lipinski definition) is 3. The van der Waals surface area contributed by atoms with E-state index in [9.17, 15) is 4.79 Å². The molecule has 0 spiro atoms. The normalized spacial score (nSPS) is 10.6. The highest BCUT2D eigenvalue weighted by atomic mass is 16.1. The van der Waals surface area contributed by atoms with Gasteiger partial charge in [-0.15, -0.1) is 0 Å². The Kier molecular flexibility index (Phi) is 28.5. The first-order valence-corrected chi connectivity index (χ1v) is 9.75. The second-order valence-corrected chi connectivity index (χ2v) is 5.23. The molecule has 6 heteroatoms. The van der Waals surface area contributed by atoms with E-state index in [0.717, 1.165) is 38.0 Å². The predicted octanol–water partition coefficient (Wildman–Crippen LogP) is 3.97. The van der Waals surface area contributed by atoms with Crippen LogP contribution in [0.25, 0.3) is 0 Å². The van der Waals surface area contributed by atoms with Crippen LogP contribution in [-0.2, 0) is 4.79 Å². The molecule has 0 aliphatic rings. The van der Waals surface area contributed by atoms with Crippen LogP contribution in [0.4, 0.5) is 0 Å². The zero-order valence-corrected chi connectivity index (χ0v) is 18.1. The van der Waals surface area contributed by atoms with Crippen molar-refractivity contribution in [3.63, 3.8) is 0 Å². The first-order chi connectivity index (χ1) is 13.0. The Bertz CT molecular complexity index is 453. The number of primary amides is 1. The Morgan fingerprint density at radius 1 is 1.15 bits per heavy atom. The van der Waals surface area contributed by atoms with Crippen LogP contribution in [0.15, 0.2) is 46.0 Å². The van der Waals surface area contributed by atoms with Crippen molar-refractivity contribution in [3.05, 3.63) is 36.0 Å². The Morgan fingerprint density at radius 3 is 2.30 bits per heavy atom. The molecule has 0 rings (SSSR count). The van der Waals surface area contributed by atoms with Gasteiger partial charge in [0.1, 0.15) is 6.34 Å². The quantitative estimate of drug-likeness (QED) is 0.113. The van der Waals surface area contributed by atoms with Gasteiger partial charge < -0.3 is 11.1 Å². The molecule has 0 aromatic heterocycles. The van der Waals surface area contributed by atoms with Crippen molar-refractivity contribution in [2.45, 2.75) is 60.3 Å². The summed E-state index contributed by atoms with van der Waals surface area (Å²) in [6.07, 6.45) is 11.1. The second-order valence-electron chi connectivity index (χ2n) is 5.23. The van der Waals surface area contributed by atoms with Gasteiger partial charge in [-0.2, -0.15) is 5.10 Å². The first kappa shape index (κ1) is 29.5. The average Bonchev–Trinajstić information content (AvgIpc) is 2.69. The molecule has 6 nitrogen and oxygen atoms in total. The predicted molar refractivity (Wildman–Crippen MR) is 121 cm³/mol. The number of hydrogen-bond acceptors (Lipinski definition) is 4. The summed E-state index contributed by atoms with van der Waals surface area (Å²) >= 11 is 0. The maximum atomic E-state index is 10.7. The highest BCUT2D eigenvalue weighted by Crippen LogP contribution is 2.02. The van der Waals surface area contributed by atoms with Crippen LogP contribution in [-0.4, -0.2) is 38.6 Å². The van der Waals surface area contributed by atoms with Crippen LogP contribution >= 0.6 is 0 Å². The van der Waals surface area contributed by atoms with Crippen molar-refractivity contribution >= 4 is 19.0 Å². The molecule has 156 valence electrons. The highest BCUT2D eigenvalue weighted by molar-refractivity contribution is 5.94. The molecule has 0 aliphatic heterocycles. The van der Waals surface area contributed by atoms with E-state index < -0.39 is 5.91 Å². The molecule has 0 fully saturated rings. The van der Waals surface area contributed by atoms with Gasteiger partial charge in [0.2, 0.25) is 5.91 Å². The molecular weight excluding hydrogens is 338 g/mol. The van der Waals surface area contributed by atoms with Crippen molar-refractivity contribution in [1.29, 1.82) is 0 Å². The molecule has 1 amide bonds. The van der Waals surface area contributed by atoms with Crippen molar-refractivity contribution in [3.8, 4) is 0 Å². The lowest BCUT2D eigenvalue weighted by Crippen LogP contribution is -2.15. The number of hydrazone groups is 1. The van der Waals surface area contributed by atoms with Gasteiger partial charge >= 0.3 is 0 Å². The van der Waals surface area contributed by atoms with E-state index in [1.807, 2.05) is 20.8 Å². The molecule has 0 bridgehead atoms. The fourth-order valence-corrected chi connectivity index (χ4v) is 1.55. The lowest BCUT2D eigenvalue weighted by molar-refractivity contribution is -0.114. The van der Waals surface area contributed by atoms with Gasteiger partial charge in [0.25, 0.3) is 0 Å². The molecule has 0 aromatic carbocycles. The van der Waals surface area contributed by atoms with Crippen LogP contribution in [0, 0.1) is 0 Å². The van der Waals surface area contributed by atoms with Crippen LogP contribution in [0.2, 0.25) is 0 Å². The van der Waals surface area contributed by atoms with E-state index in [0.29, 0.717) is 5.57 Å². The molecule has 0 atom stereocenters. The van der Waals surface area contributed by atoms with Crippen LogP contribution in [0.5, 0.6) is 0 Å². The molecule has 0 heterocycles. The average molecular weight is 380 g/mol. The number of carbonyl (C=O) groups excluding carboxylic acids is 1. The summed E-state index contributed by atoms with van der Waals surface area (Å²) in [6, 6.07) is 0. The largest absolute Gasteiger partial charge is 0.366 e. The minimum absolute atomic E-state index is 0.405. The number of amides is 1. The van der Waals surface area contributed by atoms with Crippen molar-refractivity contribution in [2.24, 2.45) is 15.8 Å². The van der Waals surface area contributed by atoms with E-state index >= 15 is 0 Å². The lowest BCUT2D eigenvalue weighted by Gasteiger charge is -2.00. The number of nitrogens with one attached hydrogen (secondary N) is 2. The van der Waals surface area contributed by atoms with Crippen molar-refractivity contribution in [1.82, 2.24) is 10.7 Å². The zero-order chi connectivity index (χ0) is 21.3. The van der Waals surface area contributed by atoms with E-state index in [1.54, 1.807) is 31.5 Å². The van der Waals surface area contributed by atoms with Gasteiger partial charge in [-0.1, -0.05) is 52.0 Å². The summed E-state index contributed by atoms with van der Waals surface area (Å²) in [5.74, 6) is -0.405. The van der Waals surface area contributed by atoms with E-state index in [-0.39, 0.29) is 0 Å². The number of carbonyl (C=O) groups is 1. The summed E-state index contributed by atoms with van der Waals surface area (Å²) in [6.45, 7) is 20.1. The molecule has 0 aromatic rings. The van der Waals surface area contributed by atoms with Gasteiger partial charge in [-0.05, 0) is 51.8 Å². The summed E-state index contributed by atoms with van der Waals surface area (Å²) < 4.78 is 0. The standard InChI is InChI=1S/C10H15NO.C9H20N4.C2H6/c1-4-8(3)6-7-9(5-2)10(11)12;1-3-6-11-7-4-5-8-12-9-13-10-2;1-2/h5-7H,3-4H2,1-2H3,(H2,11,12);9,11H,2-8H2,1H3,(H,12,13);1-2H3/b7-6-,9-5+;;. The SMILES string of the molecule is C=C(/C=C\C(=C/C)C(N)=O)CC.C=NNC=NCCCCNCCC.CC. The number of nitrogens with two attached hydrogens (primary N) is 1.